The minimum atomic E-state index is -0.261. The van der Waals surface area contributed by atoms with E-state index >= 15 is 0 Å². The van der Waals surface area contributed by atoms with Crippen LogP contribution in [0.1, 0.15) is 51.6 Å². The molecule has 166 valence electrons. The van der Waals surface area contributed by atoms with Gasteiger partial charge >= 0.3 is 0 Å². The Morgan fingerprint density at radius 3 is 2.25 bits per heavy atom. The van der Waals surface area contributed by atoms with Gasteiger partial charge in [-0.05, 0) is 42.9 Å². The quantitative estimate of drug-likeness (QED) is 0.736. The summed E-state index contributed by atoms with van der Waals surface area (Å²) in [5.74, 6) is 0.935. The number of fused-ring (bicyclic) bond motifs is 1. The monoisotopic (exact) mass is 451 g/mol. The number of hydrogen-bond donors (Lipinski definition) is 2. The number of rotatable bonds is 4. The Kier molecular flexibility index (Phi) is 5.76. The lowest BCUT2D eigenvalue weighted by atomic mass is 9.85. The highest BCUT2D eigenvalue weighted by molar-refractivity contribution is 6.49. The number of hydrogen-bond acceptors (Lipinski definition) is 6. The van der Waals surface area contributed by atoms with Crippen molar-refractivity contribution in [3.8, 4) is 5.75 Å². The van der Waals surface area contributed by atoms with E-state index < -0.39 is 0 Å². The number of Topliss-reactive ketones (excluding diaryl/α,β-unsaturated/α-hetero) is 2. The first-order chi connectivity index (χ1) is 15.6. The summed E-state index contributed by atoms with van der Waals surface area (Å²) in [5, 5.41) is 0.0485. The number of piperidine rings is 1. The molecule has 0 bridgehead atoms. The molecule has 6 nitrogen and oxygen atoms in total. The van der Waals surface area contributed by atoms with E-state index in [1.165, 1.54) is 5.56 Å². The van der Waals surface area contributed by atoms with Crippen molar-refractivity contribution in [3.63, 3.8) is 0 Å². The summed E-state index contributed by atoms with van der Waals surface area (Å²) in [6.45, 7) is 1.42. The summed E-state index contributed by atoms with van der Waals surface area (Å²) in [4.78, 5) is 27.8. The van der Waals surface area contributed by atoms with E-state index in [1.807, 2.05) is 17.0 Å². The third-order valence-corrected chi connectivity index (χ3v) is 7.26. The first-order valence-electron chi connectivity index (χ1n) is 11.0. The predicted molar refractivity (Wildman–Crippen MR) is 123 cm³/mol. The molecule has 2 aliphatic heterocycles. The van der Waals surface area contributed by atoms with E-state index in [2.05, 4.69) is 23.0 Å². The molecule has 0 amide bonds. The molecule has 2 aromatic carbocycles. The maximum absolute atomic E-state index is 13.1. The molecule has 2 aromatic rings. The lowest BCUT2D eigenvalue weighted by Gasteiger charge is -2.37. The molecule has 7 heteroatoms. The Labute approximate surface area is 192 Å². The van der Waals surface area contributed by atoms with Crippen LogP contribution in [0.3, 0.4) is 0 Å². The van der Waals surface area contributed by atoms with Crippen LogP contribution in [0.2, 0.25) is 0 Å². The van der Waals surface area contributed by atoms with Crippen LogP contribution >= 0.6 is 11.6 Å². The van der Waals surface area contributed by atoms with Gasteiger partial charge in [-0.1, -0.05) is 48.0 Å². The molecule has 2 atom stereocenters. The first-order valence-corrected chi connectivity index (χ1v) is 11.4. The highest BCUT2D eigenvalue weighted by Crippen LogP contribution is 2.35. The number of likely N-dealkylation sites (tertiary alicyclic amines) is 1. The molecule has 0 aromatic heterocycles. The molecule has 2 fully saturated rings. The number of ketones is 2. The third-order valence-electron chi connectivity index (χ3n) is 6.91. The molecule has 0 radical (unpaired) electrons. The number of carbonyl (C=O) groups is 2. The number of halogens is 1. The van der Waals surface area contributed by atoms with E-state index in [1.54, 1.807) is 31.4 Å². The van der Waals surface area contributed by atoms with Crippen molar-refractivity contribution in [2.75, 3.05) is 20.2 Å². The minimum absolute atomic E-state index is 0.0485. The third kappa shape index (κ3) is 3.72. The smallest absolute Gasteiger partial charge is 0.211 e. The Balaban J connectivity index is 1.23. The molecule has 5 rings (SSSR count). The molecular weight excluding hydrogens is 426 g/mol. The average molecular weight is 452 g/mol. The van der Waals surface area contributed by atoms with Gasteiger partial charge in [-0.25, -0.2) is 0 Å². The van der Waals surface area contributed by atoms with E-state index in [0.29, 0.717) is 41.9 Å². The van der Waals surface area contributed by atoms with Crippen molar-refractivity contribution < 1.29 is 14.3 Å². The van der Waals surface area contributed by atoms with Crippen LogP contribution in [-0.4, -0.2) is 42.7 Å². The number of hydrazine groups is 1. The van der Waals surface area contributed by atoms with Gasteiger partial charge in [0.25, 0.3) is 0 Å². The molecule has 1 aliphatic carbocycles. The van der Waals surface area contributed by atoms with Gasteiger partial charge in [0.05, 0.1) is 7.11 Å². The fourth-order valence-electron chi connectivity index (χ4n) is 5.09. The van der Waals surface area contributed by atoms with Crippen molar-refractivity contribution in [2.45, 2.75) is 31.3 Å². The topological polar surface area (TPSA) is 70.7 Å². The lowest BCUT2D eigenvalue weighted by Crippen LogP contribution is -2.44. The Morgan fingerprint density at radius 2 is 1.59 bits per heavy atom. The van der Waals surface area contributed by atoms with Crippen molar-refractivity contribution >= 4 is 23.2 Å². The van der Waals surface area contributed by atoms with Crippen LogP contribution in [0.15, 0.2) is 59.3 Å². The number of benzene rings is 2. The maximum atomic E-state index is 13.1. The summed E-state index contributed by atoms with van der Waals surface area (Å²) in [5.41, 5.74) is 9.35. The molecule has 2 heterocycles. The van der Waals surface area contributed by atoms with Crippen LogP contribution < -0.4 is 15.6 Å². The number of ether oxygens (including phenoxy) is 1. The van der Waals surface area contributed by atoms with Gasteiger partial charge in [0, 0.05) is 36.3 Å². The van der Waals surface area contributed by atoms with Gasteiger partial charge in [0.15, 0.2) is 0 Å². The highest BCUT2D eigenvalue weighted by atomic mass is 35.5. The van der Waals surface area contributed by atoms with Crippen molar-refractivity contribution in [1.82, 2.24) is 15.8 Å². The molecule has 2 N–H and O–H groups in total. The first kappa shape index (κ1) is 21.2. The second-order valence-electron chi connectivity index (χ2n) is 8.65. The summed E-state index contributed by atoms with van der Waals surface area (Å²) in [6.07, 6.45) is 2.88. The Bertz CT molecular complexity index is 1070. The molecule has 0 spiro atoms. The molecule has 3 aliphatic rings. The van der Waals surface area contributed by atoms with E-state index in [-0.39, 0.29) is 22.6 Å². The Morgan fingerprint density at radius 1 is 0.938 bits per heavy atom. The molecule has 32 heavy (non-hydrogen) atoms. The largest absolute Gasteiger partial charge is 0.497 e. The number of methoxy groups -OCH3 is 1. The van der Waals surface area contributed by atoms with Crippen molar-refractivity contribution in [3.05, 3.63) is 76.0 Å². The van der Waals surface area contributed by atoms with Gasteiger partial charge in [0.2, 0.25) is 11.6 Å². The zero-order valence-corrected chi connectivity index (χ0v) is 18.7. The summed E-state index contributed by atoms with van der Waals surface area (Å²) in [6, 6.07) is 15.7. The summed E-state index contributed by atoms with van der Waals surface area (Å²) >= 11 is 6.40. The SMILES string of the molecule is COc1ccc(C2CC(C3CCN(C4=C(Cl)C(=O)c5ccccc5C4=O)CC3)NN2)cc1. The van der Waals surface area contributed by atoms with Gasteiger partial charge in [-0.2, -0.15) is 0 Å². The van der Waals surface area contributed by atoms with E-state index in [4.69, 9.17) is 16.3 Å². The van der Waals surface area contributed by atoms with E-state index in [9.17, 15) is 9.59 Å². The second kappa shape index (κ2) is 8.70. The summed E-state index contributed by atoms with van der Waals surface area (Å²) < 4.78 is 5.25. The lowest BCUT2D eigenvalue weighted by molar-refractivity contribution is 0.0926. The number of nitrogens with zero attached hydrogens (tertiary/aromatic N) is 1. The van der Waals surface area contributed by atoms with Gasteiger partial charge < -0.3 is 9.64 Å². The molecular formula is C25H26ClN3O3. The highest BCUT2D eigenvalue weighted by Gasteiger charge is 2.38. The van der Waals surface area contributed by atoms with Crippen LogP contribution in [-0.2, 0) is 0 Å². The van der Waals surface area contributed by atoms with Gasteiger partial charge in [0.1, 0.15) is 16.5 Å². The number of allylic oxidation sites excluding steroid dienone is 2. The summed E-state index contributed by atoms with van der Waals surface area (Å²) in [7, 11) is 1.67. The second-order valence-corrected chi connectivity index (χ2v) is 9.03. The van der Waals surface area contributed by atoms with Gasteiger partial charge in [-0.3, -0.25) is 20.4 Å². The van der Waals surface area contributed by atoms with Crippen LogP contribution in [0.5, 0.6) is 5.75 Å². The minimum Gasteiger partial charge on any atom is -0.497 e. The molecule has 0 saturated carbocycles. The Hall–Kier alpha value is -2.67. The fraction of sp³-hybridized carbons (Fsp3) is 0.360. The zero-order chi connectivity index (χ0) is 22.2. The van der Waals surface area contributed by atoms with Gasteiger partial charge in [-0.15, -0.1) is 0 Å². The fourth-order valence-corrected chi connectivity index (χ4v) is 5.39. The molecule has 2 unspecified atom stereocenters. The number of carbonyl (C=O) groups excluding carboxylic acids is 2. The average Bonchev–Trinajstić information content (AvgIpc) is 3.34. The van der Waals surface area contributed by atoms with Crippen LogP contribution in [0.4, 0.5) is 0 Å². The van der Waals surface area contributed by atoms with Crippen LogP contribution in [0, 0.1) is 5.92 Å². The van der Waals surface area contributed by atoms with Crippen LogP contribution in [0.25, 0.3) is 0 Å². The van der Waals surface area contributed by atoms with Crippen molar-refractivity contribution in [1.29, 1.82) is 0 Å². The molecule has 2 saturated heterocycles. The van der Waals surface area contributed by atoms with Crippen molar-refractivity contribution in [2.24, 2.45) is 5.92 Å². The number of nitrogens with one attached hydrogen (secondary N) is 2. The maximum Gasteiger partial charge on any atom is 0.211 e. The predicted octanol–water partition coefficient (Wildman–Crippen LogP) is 3.84. The standard InChI is InChI=1S/C25H26ClN3O3/c1-32-17-8-6-15(7-9-17)20-14-21(28-27-20)16-10-12-29(13-11-16)23-22(26)24(30)18-4-2-3-5-19(18)25(23)31/h2-9,16,20-21,27-28H,10-14H2,1H3. The zero-order valence-electron chi connectivity index (χ0n) is 17.9. The van der Waals surface area contributed by atoms with E-state index in [0.717, 1.165) is 25.0 Å². The normalized spacial score (nSPS) is 24.1.